The number of fused-ring (bicyclic) bond motifs is 1. The topological polar surface area (TPSA) is 93.1 Å². The molecule has 0 saturated carbocycles. The number of aryl methyl sites for hydroxylation is 1. The molecule has 30 heavy (non-hydrogen) atoms. The molecule has 1 amide bonds. The number of aromatic nitrogens is 2. The highest BCUT2D eigenvalue weighted by molar-refractivity contribution is 7.89. The highest BCUT2D eigenvalue weighted by Gasteiger charge is 2.25. The molecule has 0 radical (unpaired) electrons. The summed E-state index contributed by atoms with van der Waals surface area (Å²) in [6, 6.07) is 15.6. The molecule has 2 aromatic carbocycles. The highest BCUT2D eigenvalue weighted by atomic mass is 32.2. The van der Waals surface area contributed by atoms with Crippen molar-refractivity contribution in [1.82, 2.24) is 14.5 Å². The quantitative estimate of drug-likeness (QED) is 0.572. The van der Waals surface area contributed by atoms with Gasteiger partial charge in [0.1, 0.15) is 5.82 Å². The lowest BCUT2D eigenvalue weighted by atomic mass is 10.2. The molecule has 0 aliphatic heterocycles. The first kappa shape index (κ1) is 20.1. The minimum Gasteiger partial charge on any atom is -0.306 e. The minimum atomic E-state index is -3.72. The molecule has 0 unspecified atom stereocenters. The van der Waals surface area contributed by atoms with E-state index >= 15 is 0 Å². The van der Waals surface area contributed by atoms with Crippen LogP contribution < -0.4 is 10.0 Å². The molecule has 1 heterocycles. The number of anilines is 1. The van der Waals surface area contributed by atoms with Crippen LogP contribution in [0.1, 0.15) is 28.0 Å². The average molecular weight is 423 g/mol. The molecule has 0 atom stereocenters. The Bertz CT molecular complexity index is 1200. The SMILES string of the molecule is C=CCNS(=O)(=O)c1cccc(C(=O)Nc2c3c(nn2-c2ccccc2)CCC3)c1. The van der Waals surface area contributed by atoms with E-state index in [1.165, 1.54) is 18.2 Å². The van der Waals surface area contributed by atoms with E-state index < -0.39 is 10.0 Å². The van der Waals surface area contributed by atoms with E-state index in [2.05, 4.69) is 21.7 Å². The third-order valence-corrected chi connectivity index (χ3v) is 6.39. The number of hydrogen-bond donors (Lipinski definition) is 2. The molecule has 2 N–H and O–H groups in total. The van der Waals surface area contributed by atoms with Crippen molar-refractivity contribution in [3.8, 4) is 5.69 Å². The van der Waals surface area contributed by atoms with Gasteiger partial charge in [-0.3, -0.25) is 4.79 Å². The fourth-order valence-corrected chi connectivity index (χ4v) is 4.56. The van der Waals surface area contributed by atoms with Crippen molar-refractivity contribution >= 4 is 21.7 Å². The molecule has 3 aromatic rings. The molecule has 7 nitrogen and oxygen atoms in total. The van der Waals surface area contributed by atoms with Crippen LogP contribution in [0.2, 0.25) is 0 Å². The van der Waals surface area contributed by atoms with E-state index in [9.17, 15) is 13.2 Å². The van der Waals surface area contributed by atoms with Crippen LogP contribution in [0.15, 0.2) is 72.1 Å². The normalized spacial score (nSPS) is 13.1. The summed E-state index contributed by atoms with van der Waals surface area (Å²) >= 11 is 0. The first-order valence-corrected chi connectivity index (χ1v) is 11.2. The van der Waals surface area contributed by atoms with Gasteiger partial charge in [-0.2, -0.15) is 5.10 Å². The second kappa shape index (κ2) is 8.25. The number of nitrogens with zero attached hydrogens (tertiary/aromatic N) is 2. The lowest BCUT2D eigenvalue weighted by molar-refractivity contribution is 0.102. The zero-order chi connectivity index (χ0) is 21.1. The van der Waals surface area contributed by atoms with Crippen molar-refractivity contribution in [2.75, 3.05) is 11.9 Å². The fraction of sp³-hybridized carbons (Fsp3) is 0.182. The van der Waals surface area contributed by atoms with Crippen molar-refractivity contribution in [2.45, 2.75) is 24.2 Å². The van der Waals surface area contributed by atoms with Crippen molar-refractivity contribution in [3.63, 3.8) is 0 Å². The van der Waals surface area contributed by atoms with Crippen molar-refractivity contribution in [3.05, 3.63) is 84.1 Å². The maximum atomic E-state index is 13.0. The predicted octanol–water partition coefficient (Wildman–Crippen LogP) is 3.08. The van der Waals surface area contributed by atoms with Crippen molar-refractivity contribution < 1.29 is 13.2 Å². The van der Waals surface area contributed by atoms with Crippen LogP contribution in [-0.2, 0) is 22.9 Å². The molecular formula is C22H22N4O3S. The van der Waals surface area contributed by atoms with Crippen LogP contribution in [0.5, 0.6) is 0 Å². The van der Waals surface area contributed by atoms with E-state index in [4.69, 9.17) is 0 Å². The molecular weight excluding hydrogens is 400 g/mol. The van der Waals surface area contributed by atoms with Crippen LogP contribution in [0.4, 0.5) is 5.82 Å². The van der Waals surface area contributed by atoms with Gasteiger partial charge < -0.3 is 5.32 Å². The average Bonchev–Trinajstić information content (AvgIpc) is 3.35. The summed E-state index contributed by atoms with van der Waals surface area (Å²) in [7, 11) is -3.72. The number of para-hydroxylation sites is 1. The summed E-state index contributed by atoms with van der Waals surface area (Å²) < 4.78 is 28.9. The van der Waals surface area contributed by atoms with Gasteiger partial charge in [-0.05, 0) is 49.6 Å². The number of nitrogens with one attached hydrogen (secondary N) is 2. The first-order valence-electron chi connectivity index (χ1n) is 9.68. The summed E-state index contributed by atoms with van der Waals surface area (Å²) in [5, 5.41) is 7.64. The van der Waals surface area contributed by atoms with E-state index in [1.807, 2.05) is 30.3 Å². The summed E-state index contributed by atoms with van der Waals surface area (Å²) in [6.45, 7) is 3.62. The first-order chi connectivity index (χ1) is 14.5. The van der Waals surface area contributed by atoms with Gasteiger partial charge in [-0.15, -0.1) is 6.58 Å². The Morgan fingerprint density at radius 1 is 1.13 bits per heavy atom. The van der Waals surface area contributed by atoms with Gasteiger partial charge in [-0.1, -0.05) is 30.3 Å². The Balaban J connectivity index is 1.66. The second-order valence-electron chi connectivity index (χ2n) is 7.00. The van der Waals surface area contributed by atoms with Gasteiger partial charge in [0.2, 0.25) is 10.0 Å². The molecule has 8 heteroatoms. The Kier molecular flexibility index (Phi) is 5.52. The molecule has 1 aliphatic carbocycles. The van der Waals surface area contributed by atoms with Gasteiger partial charge in [0, 0.05) is 17.7 Å². The Labute approximate surface area is 175 Å². The molecule has 1 aromatic heterocycles. The molecule has 0 bridgehead atoms. The maximum absolute atomic E-state index is 13.0. The molecule has 0 fully saturated rings. The largest absolute Gasteiger partial charge is 0.306 e. The van der Waals surface area contributed by atoms with Crippen LogP contribution in [0.3, 0.4) is 0 Å². The number of amides is 1. The Morgan fingerprint density at radius 3 is 2.70 bits per heavy atom. The van der Waals surface area contributed by atoms with Crippen molar-refractivity contribution in [2.24, 2.45) is 0 Å². The van der Waals surface area contributed by atoms with E-state index in [1.54, 1.807) is 16.8 Å². The number of carbonyl (C=O) groups excluding carboxylic acids is 1. The van der Waals surface area contributed by atoms with E-state index in [0.717, 1.165) is 36.2 Å². The molecule has 4 rings (SSSR count). The summed E-state index contributed by atoms with van der Waals surface area (Å²) in [6.07, 6.45) is 4.18. The molecule has 0 spiro atoms. The van der Waals surface area contributed by atoms with Crippen LogP contribution in [0.25, 0.3) is 5.69 Å². The Hall–Kier alpha value is -3.23. The zero-order valence-corrected chi connectivity index (χ0v) is 17.2. The van der Waals surface area contributed by atoms with Crippen molar-refractivity contribution in [1.29, 1.82) is 0 Å². The van der Waals surface area contributed by atoms with Crippen LogP contribution in [-0.4, -0.2) is 30.7 Å². The zero-order valence-electron chi connectivity index (χ0n) is 16.3. The predicted molar refractivity (Wildman–Crippen MR) is 115 cm³/mol. The van der Waals surface area contributed by atoms with Gasteiger partial charge in [0.05, 0.1) is 16.3 Å². The van der Waals surface area contributed by atoms with E-state index in [-0.39, 0.29) is 22.9 Å². The fourth-order valence-electron chi connectivity index (χ4n) is 3.51. The summed E-state index contributed by atoms with van der Waals surface area (Å²) in [5.41, 5.74) is 3.12. The lowest BCUT2D eigenvalue weighted by Crippen LogP contribution is -2.24. The third-order valence-electron chi connectivity index (χ3n) is 4.96. The van der Waals surface area contributed by atoms with Gasteiger partial charge in [0.15, 0.2) is 0 Å². The summed E-state index contributed by atoms with van der Waals surface area (Å²) in [5.74, 6) is 0.249. The molecule has 154 valence electrons. The van der Waals surface area contributed by atoms with Crippen LogP contribution in [0, 0.1) is 0 Å². The molecule has 1 aliphatic rings. The highest BCUT2D eigenvalue weighted by Crippen LogP contribution is 2.31. The van der Waals surface area contributed by atoms with Crippen LogP contribution >= 0.6 is 0 Å². The number of hydrogen-bond acceptors (Lipinski definition) is 4. The summed E-state index contributed by atoms with van der Waals surface area (Å²) in [4.78, 5) is 13.0. The standard InChI is InChI=1S/C22H22N4O3S/c1-2-14-23-30(28,29)18-11-6-8-16(15-18)22(27)24-21-19-12-7-13-20(19)25-26(21)17-9-4-3-5-10-17/h2-6,8-11,15,23H,1,7,12-14H2,(H,24,27). The van der Waals surface area contributed by atoms with E-state index in [0.29, 0.717) is 5.82 Å². The number of rotatable bonds is 7. The monoisotopic (exact) mass is 422 g/mol. The molecule has 0 saturated heterocycles. The second-order valence-corrected chi connectivity index (χ2v) is 8.76. The lowest BCUT2D eigenvalue weighted by Gasteiger charge is -2.12. The maximum Gasteiger partial charge on any atom is 0.256 e. The van der Waals surface area contributed by atoms with Gasteiger partial charge >= 0.3 is 0 Å². The smallest absolute Gasteiger partial charge is 0.256 e. The number of benzene rings is 2. The van der Waals surface area contributed by atoms with Gasteiger partial charge in [0.25, 0.3) is 5.91 Å². The van der Waals surface area contributed by atoms with Gasteiger partial charge in [-0.25, -0.2) is 17.8 Å². The Morgan fingerprint density at radius 2 is 1.93 bits per heavy atom. The minimum absolute atomic E-state index is 0.0267. The number of carbonyl (C=O) groups is 1. The number of sulfonamides is 1. The third kappa shape index (κ3) is 3.92.